The number of hydrogen-bond acceptors (Lipinski definition) is 6. The monoisotopic (exact) mass is 410 g/mol. The third kappa shape index (κ3) is 4.83. The largest absolute Gasteiger partial charge is 0.465 e. The topological polar surface area (TPSA) is 86.1 Å². The fraction of sp³-hybridized carbons (Fsp3) is 0.238. The molecule has 29 heavy (non-hydrogen) atoms. The third-order valence-electron chi connectivity index (χ3n) is 4.32. The number of benzene rings is 2. The molecule has 0 atom stereocenters. The normalized spacial score (nSPS) is 10.6. The van der Waals surface area contributed by atoms with E-state index in [0.29, 0.717) is 23.0 Å². The molecule has 0 spiro atoms. The zero-order chi connectivity index (χ0) is 20.8. The van der Waals surface area contributed by atoms with Crippen molar-refractivity contribution in [2.45, 2.75) is 25.5 Å². The van der Waals surface area contributed by atoms with E-state index in [1.165, 1.54) is 18.9 Å². The number of nitrogens with zero attached hydrogens (tertiary/aromatic N) is 3. The number of aromatic nitrogens is 3. The van der Waals surface area contributed by atoms with Crippen molar-refractivity contribution in [1.82, 2.24) is 14.8 Å². The number of methoxy groups -OCH3 is 1. The maximum absolute atomic E-state index is 12.4. The van der Waals surface area contributed by atoms with Crippen LogP contribution in [0.5, 0.6) is 0 Å². The Morgan fingerprint density at radius 1 is 1.14 bits per heavy atom. The molecule has 0 radical (unpaired) electrons. The van der Waals surface area contributed by atoms with Crippen LogP contribution >= 0.6 is 11.8 Å². The van der Waals surface area contributed by atoms with Gasteiger partial charge in [0.25, 0.3) is 0 Å². The minimum absolute atomic E-state index is 0.175. The predicted octanol–water partition coefficient (Wildman–Crippen LogP) is 3.79. The summed E-state index contributed by atoms with van der Waals surface area (Å²) in [6.07, 6.45) is 0. The van der Waals surface area contributed by atoms with Gasteiger partial charge in [-0.3, -0.25) is 4.79 Å². The number of ether oxygens (including phenoxy) is 1. The summed E-state index contributed by atoms with van der Waals surface area (Å²) in [6, 6.07) is 14.6. The molecule has 2 aromatic carbocycles. The van der Waals surface area contributed by atoms with E-state index in [0.717, 1.165) is 17.0 Å². The van der Waals surface area contributed by atoms with Crippen LogP contribution in [0, 0.1) is 6.92 Å². The Bertz CT molecular complexity index is 1030. The van der Waals surface area contributed by atoms with Crippen LogP contribution in [-0.4, -0.2) is 39.5 Å². The van der Waals surface area contributed by atoms with E-state index < -0.39 is 5.97 Å². The molecule has 0 saturated carbocycles. The molecule has 0 aliphatic heterocycles. The van der Waals surface area contributed by atoms with Crippen LogP contribution in [-0.2, 0) is 16.1 Å². The SMILES string of the molecule is CCn1c(SCC(=O)Nc2cccc(C(=O)OC)c2)nnc1-c1ccccc1C. The summed E-state index contributed by atoms with van der Waals surface area (Å²) in [5.74, 6) is 0.323. The summed E-state index contributed by atoms with van der Waals surface area (Å²) in [5, 5.41) is 12.1. The molecule has 8 heteroatoms. The minimum atomic E-state index is -0.449. The van der Waals surface area contributed by atoms with E-state index in [4.69, 9.17) is 4.74 Å². The van der Waals surface area contributed by atoms with Crippen molar-refractivity contribution in [1.29, 1.82) is 0 Å². The van der Waals surface area contributed by atoms with Crippen molar-refractivity contribution in [3.8, 4) is 11.4 Å². The van der Waals surface area contributed by atoms with Crippen molar-refractivity contribution in [2.75, 3.05) is 18.2 Å². The zero-order valence-electron chi connectivity index (χ0n) is 16.5. The van der Waals surface area contributed by atoms with E-state index in [9.17, 15) is 9.59 Å². The van der Waals surface area contributed by atoms with Crippen LogP contribution < -0.4 is 5.32 Å². The molecule has 0 unspecified atom stereocenters. The number of anilines is 1. The lowest BCUT2D eigenvalue weighted by Gasteiger charge is -2.09. The number of esters is 1. The van der Waals surface area contributed by atoms with Gasteiger partial charge >= 0.3 is 5.97 Å². The van der Waals surface area contributed by atoms with Gasteiger partial charge < -0.3 is 14.6 Å². The van der Waals surface area contributed by atoms with Crippen molar-refractivity contribution >= 4 is 29.3 Å². The highest BCUT2D eigenvalue weighted by Crippen LogP contribution is 2.26. The molecule has 7 nitrogen and oxygen atoms in total. The lowest BCUT2D eigenvalue weighted by atomic mass is 10.1. The lowest BCUT2D eigenvalue weighted by Crippen LogP contribution is -2.15. The molecule has 1 N–H and O–H groups in total. The summed E-state index contributed by atoms with van der Waals surface area (Å²) in [5.41, 5.74) is 3.06. The van der Waals surface area contributed by atoms with E-state index >= 15 is 0 Å². The van der Waals surface area contributed by atoms with Crippen molar-refractivity contribution in [3.63, 3.8) is 0 Å². The van der Waals surface area contributed by atoms with Crippen LogP contribution in [0.25, 0.3) is 11.4 Å². The summed E-state index contributed by atoms with van der Waals surface area (Å²) in [7, 11) is 1.32. The molecular formula is C21H22N4O3S. The summed E-state index contributed by atoms with van der Waals surface area (Å²) >= 11 is 1.32. The molecule has 0 bridgehead atoms. The first-order valence-electron chi connectivity index (χ1n) is 9.13. The standard InChI is InChI=1S/C21H22N4O3S/c1-4-25-19(17-11-6-5-8-14(17)2)23-24-21(25)29-13-18(26)22-16-10-7-9-15(12-16)20(27)28-3/h5-12H,4,13H2,1-3H3,(H,22,26). The van der Waals surface area contributed by atoms with Gasteiger partial charge in [0.1, 0.15) is 0 Å². The highest BCUT2D eigenvalue weighted by atomic mass is 32.2. The van der Waals surface area contributed by atoms with Gasteiger partial charge in [0, 0.05) is 17.8 Å². The van der Waals surface area contributed by atoms with Gasteiger partial charge in [-0.15, -0.1) is 10.2 Å². The number of hydrogen-bond donors (Lipinski definition) is 1. The van der Waals surface area contributed by atoms with Gasteiger partial charge in [0.15, 0.2) is 11.0 Å². The van der Waals surface area contributed by atoms with Crippen LogP contribution in [0.15, 0.2) is 53.7 Å². The fourth-order valence-electron chi connectivity index (χ4n) is 2.87. The quantitative estimate of drug-likeness (QED) is 0.471. The van der Waals surface area contributed by atoms with Crippen molar-refractivity contribution in [2.24, 2.45) is 0 Å². The molecule has 1 amide bonds. The smallest absolute Gasteiger partial charge is 0.337 e. The highest BCUT2D eigenvalue weighted by Gasteiger charge is 2.16. The Kier molecular flexibility index (Phi) is 6.66. The van der Waals surface area contributed by atoms with Gasteiger partial charge in [0.05, 0.1) is 18.4 Å². The minimum Gasteiger partial charge on any atom is -0.465 e. The predicted molar refractivity (Wildman–Crippen MR) is 113 cm³/mol. The fourth-order valence-corrected chi connectivity index (χ4v) is 3.67. The van der Waals surface area contributed by atoms with Gasteiger partial charge in [0.2, 0.25) is 5.91 Å². The Hall–Kier alpha value is -3.13. The second-order valence-corrected chi connectivity index (χ2v) is 7.22. The summed E-state index contributed by atoms with van der Waals surface area (Å²) < 4.78 is 6.70. The molecule has 150 valence electrons. The van der Waals surface area contributed by atoms with Crippen LogP contribution in [0.3, 0.4) is 0 Å². The molecule has 0 fully saturated rings. The molecule has 0 aliphatic carbocycles. The molecule has 1 aromatic heterocycles. The number of rotatable bonds is 7. The first kappa shape index (κ1) is 20.6. The number of thioether (sulfide) groups is 1. The number of amides is 1. The Morgan fingerprint density at radius 3 is 2.66 bits per heavy atom. The van der Waals surface area contributed by atoms with Gasteiger partial charge in [-0.2, -0.15) is 0 Å². The Labute approximate surface area is 173 Å². The second-order valence-electron chi connectivity index (χ2n) is 6.27. The van der Waals surface area contributed by atoms with Gasteiger partial charge in [-0.25, -0.2) is 4.79 Å². The number of carbonyl (C=O) groups excluding carboxylic acids is 2. The van der Waals surface area contributed by atoms with Gasteiger partial charge in [-0.05, 0) is 37.6 Å². The highest BCUT2D eigenvalue weighted by molar-refractivity contribution is 7.99. The molecule has 0 saturated heterocycles. The Morgan fingerprint density at radius 2 is 1.93 bits per heavy atom. The lowest BCUT2D eigenvalue weighted by molar-refractivity contribution is -0.113. The third-order valence-corrected chi connectivity index (χ3v) is 5.29. The maximum atomic E-state index is 12.4. The van der Waals surface area contributed by atoms with Crippen LogP contribution in [0.4, 0.5) is 5.69 Å². The molecule has 3 rings (SSSR count). The summed E-state index contributed by atoms with van der Waals surface area (Å²) in [4.78, 5) is 24.0. The van der Waals surface area contributed by atoms with E-state index in [1.54, 1.807) is 24.3 Å². The average Bonchev–Trinajstić information content (AvgIpc) is 3.14. The molecule has 3 aromatic rings. The van der Waals surface area contributed by atoms with Crippen LogP contribution in [0.1, 0.15) is 22.8 Å². The van der Waals surface area contributed by atoms with Gasteiger partial charge in [-0.1, -0.05) is 42.1 Å². The summed E-state index contributed by atoms with van der Waals surface area (Å²) in [6.45, 7) is 4.75. The molecular weight excluding hydrogens is 388 g/mol. The second kappa shape index (κ2) is 9.38. The molecule has 0 aliphatic rings. The first-order chi connectivity index (χ1) is 14.0. The maximum Gasteiger partial charge on any atom is 0.337 e. The van der Waals surface area contributed by atoms with E-state index in [1.807, 2.05) is 42.7 Å². The number of carbonyl (C=O) groups is 2. The number of nitrogens with one attached hydrogen (secondary N) is 1. The van der Waals surface area contributed by atoms with Crippen molar-refractivity contribution < 1.29 is 14.3 Å². The van der Waals surface area contributed by atoms with Crippen molar-refractivity contribution in [3.05, 3.63) is 59.7 Å². The number of aryl methyl sites for hydroxylation is 1. The van der Waals surface area contributed by atoms with Crippen LogP contribution in [0.2, 0.25) is 0 Å². The Balaban J connectivity index is 1.68. The van der Waals surface area contributed by atoms with E-state index in [-0.39, 0.29) is 11.7 Å². The van der Waals surface area contributed by atoms with E-state index in [2.05, 4.69) is 15.5 Å². The molecule has 1 heterocycles. The zero-order valence-corrected chi connectivity index (χ0v) is 17.3. The average molecular weight is 410 g/mol. The first-order valence-corrected chi connectivity index (χ1v) is 10.1.